The maximum Gasteiger partial charge on any atom is 0.339 e. The zero-order valence-corrected chi connectivity index (χ0v) is 7.07. The van der Waals surface area contributed by atoms with Crippen LogP contribution in [-0.4, -0.2) is 42.1 Å². The van der Waals surface area contributed by atoms with E-state index in [1.807, 2.05) is 5.48 Å². The first-order chi connectivity index (χ1) is 5.61. The van der Waals surface area contributed by atoms with Gasteiger partial charge in [-0.15, -0.1) is 0 Å². The Kier molecular flexibility index (Phi) is 5.35. The molecule has 0 rings (SSSR count). The highest BCUT2D eigenvalue weighted by atomic mass is 16.6. The number of nitrogens with one attached hydrogen (secondary N) is 2. The lowest BCUT2D eigenvalue weighted by Crippen LogP contribution is -2.48. The van der Waals surface area contributed by atoms with Crippen LogP contribution >= 0.6 is 0 Å². The van der Waals surface area contributed by atoms with Crippen molar-refractivity contribution in [3.63, 3.8) is 0 Å². The van der Waals surface area contributed by atoms with Gasteiger partial charge in [0.25, 0.3) is 0 Å². The molecule has 0 aromatic heterocycles. The van der Waals surface area contributed by atoms with Crippen LogP contribution in [0.4, 0.5) is 4.79 Å². The lowest BCUT2D eigenvalue weighted by molar-refractivity contribution is 0.0832. The Morgan fingerprint density at radius 1 is 1.67 bits per heavy atom. The van der Waals surface area contributed by atoms with E-state index < -0.39 is 18.2 Å². The summed E-state index contributed by atoms with van der Waals surface area (Å²) in [4.78, 5) is 15.1. The van der Waals surface area contributed by atoms with Crippen molar-refractivity contribution in [1.29, 1.82) is 0 Å². The Morgan fingerprint density at radius 2 is 2.25 bits per heavy atom. The molecule has 2 atom stereocenters. The molecule has 0 aromatic rings. The summed E-state index contributed by atoms with van der Waals surface area (Å²) in [5.74, 6) is 0. The van der Waals surface area contributed by atoms with Gasteiger partial charge in [-0.05, 0) is 6.92 Å². The summed E-state index contributed by atoms with van der Waals surface area (Å²) >= 11 is 0. The van der Waals surface area contributed by atoms with E-state index in [1.165, 1.54) is 14.0 Å². The quantitative estimate of drug-likeness (QED) is 0.398. The van der Waals surface area contributed by atoms with Crippen LogP contribution in [0.2, 0.25) is 0 Å². The van der Waals surface area contributed by atoms with Crippen molar-refractivity contribution in [3.05, 3.63) is 0 Å². The Labute approximate surface area is 70.5 Å². The Hall–Kier alpha value is -0.850. The number of aliphatic hydroxyl groups excluding tert-OH is 2. The first-order valence-corrected chi connectivity index (χ1v) is 3.50. The average molecular weight is 178 g/mol. The van der Waals surface area contributed by atoms with Gasteiger partial charge in [-0.25, -0.2) is 10.3 Å². The van der Waals surface area contributed by atoms with E-state index in [-0.39, 0.29) is 6.61 Å². The first kappa shape index (κ1) is 11.2. The second-order valence-electron chi connectivity index (χ2n) is 2.31. The van der Waals surface area contributed by atoms with E-state index in [2.05, 4.69) is 10.2 Å². The van der Waals surface area contributed by atoms with Gasteiger partial charge in [0.15, 0.2) is 0 Å². The van der Waals surface area contributed by atoms with Gasteiger partial charge >= 0.3 is 6.03 Å². The molecule has 4 N–H and O–H groups in total. The molecule has 72 valence electrons. The lowest BCUT2D eigenvalue weighted by atomic mass is 10.2. The van der Waals surface area contributed by atoms with Crippen LogP contribution in [0.3, 0.4) is 0 Å². The molecule has 6 nitrogen and oxygen atoms in total. The Morgan fingerprint density at radius 3 is 2.58 bits per heavy atom. The highest BCUT2D eigenvalue weighted by Gasteiger charge is 2.15. The smallest absolute Gasteiger partial charge is 0.339 e. The van der Waals surface area contributed by atoms with Crippen LogP contribution in [-0.2, 0) is 4.84 Å². The topological polar surface area (TPSA) is 90.8 Å². The molecule has 0 aliphatic carbocycles. The highest BCUT2D eigenvalue weighted by molar-refractivity contribution is 5.73. The Balaban J connectivity index is 3.77. The number of hydrogen-bond acceptors (Lipinski definition) is 4. The highest BCUT2D eigenvalue weighted by Crippen LogP contribution is 1.90. The van der Waals surface area contributed by atoms with Gasteiger partial charge in [0.05, 0.1) is 25.9 Å². The molecule has 0 bridgehead atoms. The molecule has 0 saturated carbocycles. The average Bonchev–Trinajstić information content (AvgIpc) is 2.00. The third-order valence-corrected chi connectivity index (χ3v) is 1.29. The van der Waals surface area contributed by atoms with E-state index in [1.54, 1.807) is 0 Å². The van der Waals surface area contributed by atoms with Crippen LogP contribution < -0.4 is 10.8 Å². The molecule has 0 spiro atoms. The lowest BCUT2D eigenvalue weighted by Gasteiger charge is -2.18. The van der Waals surface area contributed by atoms with Crippen molar-refractivity contribution in [2.75, 3.05) is 13.7 Å². The third kappa shape index (κ3) is 4.12. The molecule has 0 fully saturated rings. The molecule has 0 heterocycles. The molecule has 0 saturated heterocycles. The number of hydroxylamine groups is 1. The number of urea groups is 1. The van der Waals surface area contributed by atoms with Gasteiger partial charge in [-0.2, -0.15) is 0 Å². The molecule has 2 unspecified atom stereocenters. The molecule has 0 aliphatic rings. The van der Waals surface area contributed by atoms with Crippen molar-refractivity contribution < 1.29 is 19.8 Å². The summed E-state index contributed by atoms with van der Waals surface area (Å²) in [6, 6.07) is -1.28. The number of amides is 2. The monoisotopic (exact) mass is 178 g/mol. The Bertz CT molecular complexity index is 140. The van der Waals surface area contributed by atoms with E-state index in [0.29, 0.717) is 0 Å². The molecular formula is C6H14N2O4. The van der Waals surface area contributed by atoms with Crippen molar-refractivity contribution >= 4 is 6.03 Å². The molecule has 6 heteroatoms. The summed E-state index contributed by atoms with van der Waals surface area (Å²) in [6.45, 7) is 1.14. The fraction of sp³-hybridized carbons (Fsp3) is 0.833. The maximum absolute atomic E-state index is 10.7. The number of carbonyl (C=O) groups is 1. The maximum atomic E-state index is 10.7. The minimum Gasteiger partial charge on any atom is -0.394 e. The summed E-state index contributed by atoms with van der Waals surface area (Å²) < 4.78 is 0. The fourth-order valence-electron chi connectivity index (χ4n) is 0.609. The largest absolute Gasteiger partial charge is 0.394 e. The summed E-state index contributed by atoms with van der Waals surface area (Å²) in [7, 11) is 1.29. The number of carbonyl (C=O) groups excluding carboxylic acids is 1. The minimum absolute atomic E-state index is 0.325. The SMILES string of the molecule is CONC(=O)NC(CO)C(C)O. The van der Waals surface area contributed by atoms with E-state index in [9.17, 15) is 4.79 Å². The standard InChI is InChI=1S/C6H14N2O4/c1-4(10)5(3-9)7-6(11)8-12-2/h4-5,9-10H,3H2,1-2H3,(H2,7,8,11). The van der Waals surface area contributed by atoms with Crippen molar-refractivity contribution in [2.45, 2.75) is 19.1 Å². The number of hydrogen-bond donors (Lipinski definition) is 4. The molecule has 0 radical (unpaired) electrons. The second-order valence-corrected chi connectivity index (χ2v) is 2.31. The van der Waals surface area contributed by atoms with E-state index in [0.717, 1.165) is 0 Å². The second kappa shape index (κ2) is 5.76. The third-order valence-electron chi connectivity index (χ3n) is 1.29. The van der Waals surface area contributed by atoms with Crippen LogP contribution in [0.1, 0.15) is 6.92 Å². The molecule has 12 heavy (non-hydrogen) atoms. The minimum atomic E-state index is -0.808. The summed E-state index contributed by atoms with van der Waals surface area (Å²) in [5, 5.41) is 19.9. The van der Waals surface area contributed by atoms with Gasteiger partial charge in [-0.3, -0.25) is 4.84 Å². The van der Waals surface area contributed by atoms with Crippen molar-refractivity contribution in [3.8, 4) is 0 Å². The van der Waals surface area contributed by atoms with Gasteiger partial charge in [0.2, 0.25) is 0 Å². The van der Waals surface area contributed by atoms with Gasteiger partial charge in [-0.1, -0.05) is 0 Å². The van der Waals surface area contributed by atoms with Crippen LogP contribution in [0.25, 0.3) is 0 Å². The number of rotatable bonds is 4. The van der Waals surface area contributed by atoms with Crippen LogP contribution in [0.5, 0.6) is 0 Å². The predicted octanol–water partition coefficient (Wildman–Crippen LogP) is -1.41. The van der Waals surface area contributed by atoms with Gasteiger partial charge in [0, 0.05) is 0 Å². The fourth-order valence-corrected chi connectivity index (χ4v) is 0.609. The van der Waals surface area contributed by atoms with Gasteiger partial charge < -0.3 is 15.5 Å². The normalized spacial score (nSPS) is 15.0. The van der Waals surface area contributed by atoms with Crippen LogP contribution in [0.15, 0.2) is 0 Å². The van der Waals surface area contributed by atoms with E-state index in [4.69, 9.17) is 10.2 Å². The molecule has 2 amide bonds. The molecular weight excluding hydrogens is 164 g/mol. The zero-order valence-electron chi connectivity index (χ0n) is 7.07. The molecule has 0 aliphatic heterocycles. The summed E-state index contributed by atoms with van der Waals surface area (Å²) in [6.07, 6.45) is -0.808. The van der Waals surface area contributed by atoms with Gasteiger partial charge in [0.1, 0.15) is 0 Å². The zero-order chi connectivity index (χ0) is 9.56. The molecule has 0 aromatic carbocycles. The number of aliphatic hydroxyl groups is 2. The first-order valence-electron chi connectivity index (χ1n) is 3.50. The van der Waals surface area contributed by atoms with E-state index >= 15 is 0 Å². The van der Waals surface area contributed by atoms with Crippen molar-refractivity contribution in [2.24, 2.45) is 0 Å². The van der Waals surface area contributed by atoms with Crippen molar-refractivity contribution in [1.82, 2.24) is 10.8 Å². The predicted molar refractivity (Wildman–Crippen MR) is 41.2 cm³/mol. The summed E-state index contributed by atoms with van der Waals surface area (Å²) in [5.41, 5.74) is 1.99. The van der Waals surface area contributed by atoms with Crippen LogP contribution in [0, 0.1) is 0 Å².